The number of aryl methyl sites for hydroxylation is 1. The number of halogens is 2. The van der Waals surface area contributed by atoms with Crippen LogP contribution in [0.2, 0.25) is 10.0 Å². The van der Waals surface area contributed by atoms with E-state index in [2.05, 4.69) is 25.5 Å². The second-order valence-electron chi connectivity index (χ2n) is 7.40. The zero-order valence-corrected chi connectivity index (χ0v) is 18.9. The van der Waals surface area contributed by atoms with E-state index in [4.69, 9.17) is 23.2 Å². The van der Waals surface area contributed by atoms with E-state index >= 15 is 0 Å². The molecule has 0 saturated heterocycles. The van der Waals surface area contributed by atoms with E-state index in [1.807, 2.05) is 31.2 Å². The molecule has 8 nitrogen and oxygen atoms in total. The Morgan fingerprint density at radius 3 is 2.39 bits per heavy atom. The molecule has 0 radical (unpaired) electrons. The van der Waals surface area contributed by atoms with Crippen molar-refractivity contribution < 1.29 is 4.79 Å². The fraction of sp³-hybridized carbons (Fsp3) is 0.0870. The topological polar surface area (TPSA) is 90.5 Å². The number of aromatic nitrogens is 6. The summed E-state index contributed by atoms with van der Waals surface area (Å²) in [5, 5.41) is 13.9. The summed E-state index contributed by atoms with van der Waals surface area (Å²) in [7, 11) is 0. The van der Waals surface area contributed by atoms with Gasteiger partial charge in [0.25, 0.3) is 0 Å². The number of hydrogen-bond donors (Lipinski definition) is 1. The lowest BCUT2D eigenvalue weighted by Crippen LogP contribution is -2.17. The molecule has 0 unspecified atom stereocenters. The Balaban J connectivity index is 1.49. The quantitative estimate of drug-likeness (QED) is 0.392. The minimum atomic E-state index is -0.180. The summed E-state index contributed by atoms with van der Waals surface area (Å²) < 4.78 is 3.29. The summed E-state index contributed by atoms with van der Waals surface area (Å²) in [5.41, 5.74) is 3.00. The van der Waals surface area contributed by atoms with Crippen molar-refractivity contribution >= 4 is 46.0 Å². The Morgan fingerprint density at radius 2 is 1.67 bits per heavy atom. The molecule has 5 rings (SSSR count). The van der Waals surface area contributed by atoms with Crippen molar-refractivity contribution in [2.24, 2.45) is 0 Å². The third-order valence-electron chi connectivity index (χ3n) is 4.99. The maximum Gasteiger partial charge on any atom is 0.229 e. The predicted molar refractivity (Wildman–Crippen MR) is 127 cm³/mol. The van der Waals surface area contributed by atoms with Gasteiger partial charge in [-0.2, -0.15) is 14.9 Å². The molecule has 0 aliphatic carbocycles. The predicted octanol–water partition coefficient (Wildman–Crippen LogP) is 4.80. The summed E-state index contributed by atoms with van der Waals surface area (Å²) in [4.78, 5) is 21.5. The fourth-order valence-electron chi connectivity index (χ4n) is 3.50. The van der Waals surface area contributed by atoms with Crippen LogP contribution < -0.4 is 5.32 Å². The maximum atomic E-state index is 12.7. The molecule has 0 fully saturated rings. The first-order valence-corrected chi connectivity index (χ1v) is 10.8. The third-order valence-corrected chi connectivity index (χ3v) is 5.50. The lowest BCUT2D eigenvalue weighted by molar-refractivity contribution is -0.115. The standard InChI is InChI=1S/C23H17Cl2N7O/c1-14-10-20(29-21(33)11-15-2-4-16(24)5-3-15)32(30-14)23-19-12-28-31(22(19)26-13-27-23)18-8-6-17(25)7-9-18/h2-10,12-13H,11H2,1H3,(H,29,33). The lowest BCUT2D eigenvalue weighted by atomic mass is 10.1. The van der Waals surface area contributed by atoms with Gasteiger partial charge in [0, 0.05) is 16.1 Å². The molecule has 0 bridgehead atoms. The van der Waals surface area contributed by atoms with Gasteiger partial charge in [-0.1, -0.05) is 35.3 Å². The van der Waals surface area contributed by atoms with Gasteiger partial charge in [0.2, 0.25) is 5.91 Å². The molecule has 2 aromatic carbocycles. The van der Waals surface area contributed by atoms with Crippen molar-refractivity contribution in [3.63, 3.8) is 0 Å². The van der Waals surface area contributed by atoms with Crippen LogP contribution >= 0.6 is 23.2 Å². The Hall–Kier alpha value is -3.75. The zero-order chi connectivity index (χ0) is 22.9. The van der Waals surface area contributed by atoms with Gasteiger partial charge in [-0.15, -0.1) is 0 Å². The van der Waals surface area contributed by atoms with E-state index < -0.39 is 0 Å². The van der Waals surface area contributed by atoms with Crippen LogP contribution in [-0.2, 0) is 11.2 Å². The van der Waals surface area contributed by atoms with Gasteiger partial charge >= 0.3 is 0 Å². The van der Waals surface area contributed by atoms with Crippen LogP contribution in [0, 0.1) is 6.92 Å². The molecular formula is C23H17Cl2N7O. The van der Waals surface area contributed by atoms with Crippen molar-refractivity contribution in [2.75, 3.05) is 5.32 Å². The molecular weight excluding hydrogens is 461 g/mol. The number of rotatable bonds is 5. The first kappa shape index (κ1) is 21.1. The van der Waals surface area contributed by atoms with Crippen molar-refractivity contribution in [3.05, 3.63) is 88.4 Å². The van der Waals surface area contributed by atoms with Crippen LogP contribution in [0.3, 0.4) is 0 Å². The zero-order valence-electron chi connectivity index (χ0n) is 17.4. The molecule has 0 spiro atoms. The molecule has 1 N–H and O–H groups in total. The number of benzene rings is 2. The van der Waals surface area contributed by atoms with Crippen molar-refractivity contribution in [3.8, 4) is 11.5 Å². The van der Waals surface area contributed by atoms with Crippen LogP contribution in [0.1, 0.15) is 11.3 Å². The Labute approximate surface area is 198 Å². The summed E-state index contributed by atoms with van der Waals surface area (Å²) in [5.74, 6) is 0.835. The molecule has 0 aliphatic heterocycles. The van der Waals surface area contributed by atoms with Gasteiger partial charge in [-0.3, -0.25) is 4.79 Å². The SMILES string of the molecule is Cc1cc(NC(=O)Cc2ccc(Cl)cc2)n(-c2ncnc3c2cnn3-c2ccc(Cl)cc2)n1. The summed E-state index contributed by atoms with van der Waals surface area (Å²) in [6.07, 6.45) is 3.33. The summed E-state index contributed by atoms with van der Waals surface area (Å²) in [6.45, 7) is 1.85. The third kappa shape index (κ3) is 4.30. The number of fused-ring (bicyclic) bond motifs is 1. The summed E-state index contributed by atoms with van der Waals surface area (Å²) in [6, 6.07) is 16.2. The minimum Gasteiger partial charge on any atom is -0.310 e. The smallest absolute Gasteiger partial charge is 0.229 e. The molecule has 0 saturated carbocycles. The molecule has 3 aromatic heterocycles. The highest BCUT2D eigenvalue weighted by Crippen LogP contribution is 2.25. The normalized spacial score (nSPS) is 11.1. The van der Waals surface area contributed by atoms with Crippen LogP contribution in [0.25, 0.3) is 22.5 Å². The largest absolute Gasteiger partial charge is 0.310 e. The maximum absolute atomic E-state index is 12.7. The molecule has 1 amide bonds. The Morgan fingerprint density at radius 1 is 0.970 bits per heavy atom. The molecule has 33 heavy (non-hydrogen) atoms. The van der Waals surface area contributed by atoms with E-state index in [9.17, 15) is 4.79 Å². The number of amides is 1. The van der Waals surface area contributed by atoms with E-state index in [0.29, 0.717) is 32.7 Å². The number of hydrogen-bond acceptors (Lipinski definition) is 5. The Bertz CT molecular complexity index is 1460. The van der Waals surface area contributed by atoms with E-state index in [0.717, 1.165) is 16.9 Å². The second-order valence-corrected chi connectivity index (χ2v) is 8.27. The second kappa shape index (κ2) is 8.65. The minimum absolute atomic E-state index is 0.180. The molecule has 0 atom stereocenters. The number of nitrogens with zero attached hydrogens (tertiary/aromatic N) is 6. The highest BCUT2D eigenvalue weighted by atomic mass is 35.5. The van der Waals surface area contributed by atoms with Crippen molar-refractivity contribution in [2.45, 2.75) is 13.3 Å². The van der Waals surface area contributed by atoms with Crippen LogP contribution in [0.15, 0.2) is 67.1 Å². The fourth-order valence-corrected chi connectivity index (χ4v) is 3.75. The van der Waals surface area contributed by atoms with Gasteiger partial charge in [-0.05, 0) is 48.9 Å². The van der Waals surface area contributed by atoms with Gasteiger partial charge in [0.1, 0.15) is 12.1 Å². The first-order chi connectivity index (χ1) is 16.0. The van der Waals surface area contributed by atoms with Crippen molar-refractivity contribution in [1.82, 2.24) is 29.5 Å². The van der Waals surface area contributed by atoms with E-state index in [-0.39, 0.29) is 12.3 Å². The molecule has 0 aliphatic rings. The lowest BCUT2D eigenvalue weighted by Gasteiger charge is -2.09. The highest BCUT2D eigenvalue weighted by molar-refractivity contribution is 6.30. The number of nitrogens with one attached hydrogen (secondary N) is 1. The highest BCUT2D eigenvalue weighted by Gasteiger charge is 2.18. The van der Waals surface area contributed by atoms with Gasteiger partial charge in [0.05, 0.1) is 29.4 Å². The van der Waals surface area contributed by atoms with E-state index in [1.54, 1.807) is 45.9 Å². The van der Waals surface area contributed by atoms with Crippen LogP contribution in [-0.4, -0.2) is 35.4 Å². The molecule has 164 valence electrons. The van der Waals surface area contributed by atoms with Crippen LogP contribution in [0.4, 0.5) is 5.82 Å². The van der Waals surface area contributed by atoms with Crippen LogP contribution in [0.5, 0.6) is 0 Å². The number of carbonyl (C=O) groups excluding carboxylic acids is 1. The Kier molecular flexibility index (Phi) is 5.53. The van der Waals surface area contributed by atoms with Crippen molar-refractivity contribution in [1.29, 1.82) is 0 Å². The molecule has 3 heterocycles. The van der Waals surface area contributed by atoms with E-state index in [1.165, 1.54) is 6.33 Å². The number of anilines is 1. The van der Waals surface area contributed by atoms with Gasteiger partial charge in [-0.25, -0.2) is 14.6 Å². The van der Waals surface area contributed by atoms with Gasteiger partial charge in [0.15, 0.2) is 11.5 Å². The average Bonchev–Trinajstić information content (AvgIpc) is 3.39. The molecule has 5 aromatic rings. The first-order valence-electron chi connectivity index (χ1n) is 10.0. The number of carbonyl (C=O) groups is 1. The van der Waals surface area contributed by atoms with Gasteiger partial charge < -0.3 is 5.32 Å². The average molecular weight is 478 g/mol. The molecule has 10 heteroatoms. The summed E-state index contributed by atoms with van der Waals surface area (Å²) >= 11 is 11.9. The monoisotopic (exact) mass is 477 g/mol.